The van der Waals surface area contributed by atoms with Gasteiger partial charge in [-0.2, -0.15) is 0 Å². The van der Waals surface area contributed by atoms with Crippen LogP contribution < -0.4 is 5.73 Å². The van der Waals surface area contributed by atoms with E-state index in [1.807, 2.05) is 12.2 Å². The number of aliphatic hydroxyl groups excluding tert-OH is 2. The van der Waals surface area contributed by atoms with Crippen molar-refractivity contribution in [2.24, 2.45) is 17.6 Å². The lowest BCUT2D eigenvalue weighted by atomic mass is 9.88. The molecule has 1 unspecified atom stereocenters. The van der Waals surface area contributed by atoms with E-state index >= 15 is 0 Å². The van der Waals surface area contributed by atoms with Crippen molar-refractivity contribution in [3.05, 3.63) is 48.6 Å². The average Bonchev–Trinajstić information content (AvgIpc) is 3.49. The maximum absolute atomic E-state index is 12.8. The van der Waals surface area contributed by atoms with Crippen LogP contribution >= 0.6 is 7.82 Å². The third kappa shape index (κ3) is 29.9. The Balaban J connectivity index is 2.50. The quantitative estimate of drug-likeness (QED) is 0.0169. The highest BCUT2D eigenvalue weighted by atomic mass is 31.2. The fourth-order valence-electron chi connectivity index (χ4n) is 6.81. The van der Waals surface area contributed by atoms with E-state index in [-0.39, 0.29) is 31.0 Å². The van der Waals surface area contributed by atoms with Crippen LogP contribution in [-0.4, -0.2) is 88.1 Å². The van der Waals surface area contributed by atoms with Crippen LogP contribution in [0.5, 0.6) is 0 Å². The Morgan fingerprint density at radius 1 is 0.770 bits per heavy atom. The fraction of sp³-hybridized carbons (Fsp3) is 0.739. The molecule has 7 atom stereocenters. The molecule has 14 nitrogen and oxygen atoms in total. The number of unbranched alkanes of at least 4 members (excludes halogenated alkanes) is 12. The van der Waals surface area contributed by atoms with Gasteiger partial charge in [-0.3, -0.25) is 28.2 Å². The molecule has 350 valence electrons. The van der Waals surface area contributed by atoms with Gasteiger partial charge in [-0.1, -0.05) is 133 Å². The Hall–Kier alpha value is -2.97. The van der Waals surface area contributed by atoms with Gasteiger partial charge in [0.05, 0.1) is 25.4 Å². The zero-order valence-corrected chi connectivity index (χ0v) is 37.8. The zero-order valence-electron chi connectivity index (χ0n) is 37.0. The second kappa shape index (κ2) is 35.5. The Morgan fingerprint density at radius 2 is 1.34 bits per heavy atom. The van der Waals surface area contributed by atoms with Crippen molar-refractivity contribution in [3.63, 3.8) is 0 Å². The Bertz CT molecular complexity index is 1380. The smallest absolute Gasteiger partial charge is 0.472 e. The summed E-state index contributed by atoms with van der Waals surface area (Å²) in [5, 5.41) is 29.7. The van der Waals surface area contributed by atoms with Crippen molar-refractivity contribution >= 4 is 31.5 Å². The summed E-state index contributed by atoms with van der Waals surface area (Å²) in [6.45, 7) is 2.40. The Kier molecular flexibility index (Phi) is 32.6. The first-order chi connectivity index (χ1) is 29.3. The molecule has 0 heterocycles. The largest absolute Gasteiger partial charge is 0.480 e. The van der Waals surface area contributed by atoms with E-state index in [1.54, 1.807) is 12.2 Å². The van der Waals surface area contributed by atoms with E-state index in [0.29, 0.717) is 38.5 Å². The van der Waals surface area contributed by atoms with Crippen molar-refractivity contribution in [1.82, 2.24) is 0 Å². The van der Waals surface area contributed by atoms with Gasteiger partial charge < -0.3 is 35.4 Å². The van der Waals surface area contributed by atoms with Crippen molar-refractivity contribution in [2.45, 2.75) is 186 Å². The molecular formula is C46H78NO13P. The number of hydrogen-bond donors (Lipinski definition) is 5. The van der Waals surface area contributed by atoms with Gasteiger partial charge in [0.2, 0.25) is 0 Å². The van der Waals surface area contributed by atoms with Gasteiger partial charge in [0.25, 0.3) is 0 Å². The SMILES string of the molecule is CCCCCCCC/C=C\C/C=C\C/C=C\CCCC(=O)OC[C@H](COP(=O)(O)OC[C@H](N)C(=O)O)OC(=O)CCCCCC[C@H]1[C@@H](O)CC(=O)[C@@H]1/C=C/[C@@H](O)CCCCC. The second-order valence-corrected chi connectivity index (χ2v) is 17.4. The number of esters is 2. The molecule has 1 saturated carbocycles. The van der Waals surface area contributed by atoms with Crippen LogP contribution in [-0.2, 0) is 42.3 Å². The van der Waals surface area contributed by atoms with E-state index < -0.39 is 75.8 Å². The normalized spacial score (nSPS) is 19.6. The first-order valence-corrected chi connectivity index (χ1v) is 24.3. The number of allylic oxidation sites excluding steroid dienone is 7. The summed E-state index contributed by atoms with van der Waals surface area (Å²) in [7, 11) is -4.80. The zero-order chi connectivity index (χ0) is 45.1. The Labute approximate surface area is 365 Å². The highest BCUT2D eigenvalue weighted by Crippen LogP contribution is 2.43. The minimum atomic E-state index is -4.80. The summed E-state index contributed by atoms with van der Waals surface area (Å²) >= 11 is 0. The summed E-state index contributed by atoms with van der Waals surface area (Å²) in [4.78, 5) is 58.7. The molecule has 1 fully saturated rings. The molecule has 0 aromatic rings. The van der Waals surface area contributed by atoms with Crippen LogP contribution in [0.15, 0.2) is 48.6 Å². The van der Waals surface area contributed by atoms with Crippen molar-refractivity contribution in [1.29, 1.82) is 0 Å². The number of carbonyl (C=O) groups excluding carboxylic acids is 3. The third-order valence-electron chi connectivity index (χ3n) is 10.5. The average molecular weight is 884 g/mol. The van der Waals surface area contributed by atoms with Gasteiger partial charge in [-0.15, -0.1) is 0 Å². The van der Waals surface area contributed by atoms with Gasteiger partial charge in [-0.05, 0) is 63.7 Å². The van der Waals surface area contributed by atoms with Crippen LogP contribution in [0.4, 0.5) is 0 Å². The van der Waals surface area contributed by atoms with Crippen molar-refractivity contribution in [3.8, 4) is 0 Å². The summed E-state index contributed by atoms with van der Waals surface area (Å²) in [5.74, 6) is -3.33. The van der Waals surface area contributed by atoms with Crippen LogP contribution in [0.2, 0.25) is 0 Å². The topological polar surface area (TPSA) is 229 Å². The molecule has 61 heavy (non-hydrogen) atoms. The summed E-state index contributed by atoms with van der Waals surface area (Å²) in [5.41, 5.74) is 5.33. The molecule has 0 amide bonds. The molecule has 0 aromatic carbocycles. The van der Waals surface area contributed by atoms with Crippen LogP contribution in [0.3, 0.4) is 0 Å². The molecule has 6 N–H and O–H groups in total. The number of aliphatic hydroxyl groups is 2. The summed E-state index contributed by atoms with van der Waals surface area (Å²) in [6, 6.07) is -1.57. The predicted octanol–water partition coefficient (Wildman–Crippen LogP) is 8.76. The van der Waals surface area contributed by atoms with Crippen LogP contribution in [0.1, 0.15) is 162 Å². The highest BCUT2D eigenvalue weighted by Gasteiger charge is 2.39. The molecule has 0 radical (unpaired) electrons. The number of phosphoric ester groups is 1. The molecule has 15 heteroatoms. The number of carboxylic acids is 1. The molecule has 0 bridgehead atoms. The molecule has 0 saturated heterocycles. The van der Waals surface area contributed by atoms with Gasteiger partial charge in [0, 0.05) is 25.2 Å². The lowest BCUT2D eigenvalue weighted by Gasteiger charge is -2.20. The number of rotatable bonds is 38. The number of carboxylic acid groups (broad SMARTS) is 1. The minimum Gasteiger partial charge on any atom is -0.480 e. The monoisotopic (exact) mass is 884 g/mol. The van der Waals surface area contributed by atoms with Crippen LogP contribution in [0.25, 0.3) is 0 Å². The van der Waals surface area contributed by atoms with Gasteiger partial charge in [0.1, 0.15) is 18.4 Å². The van der Waals surface area contributed by atoms with Crippen molar-refractivity contribution in [2.75, 3.05) is 19.8 Å². The predicted molar refractivity (Wildman–Crippen MR) is 236 cm³/mol. The number of Topliss-reactive ketones (excluding diaryl/α,β-unsaturated/α-hetero) is 1. The highest BCUT2D eigenvalue weighted by molar-refractivity contribution is 7.47. The molecule has 1 aliphatic rings. The van der Waals surface area contributed by atoms with E-state index in [9.17, 15) is 38.8 Å². The third-order valence-corrected chi connectivity index (χ3v) is 11.4. The lowest BCUT2D eigenvalue weighted by molar-refractivity contribution is -0.161. The van der Waals surface area contributed by atoms with E-state index in [0.717, 1.165) is 51.4 Å². The number of aliphatic carboxylic acids is 1. The molecule has 0 aromatic heterocycles. The van der Waals surface area contributed by atoms with Gasteiger partial charge >= 0.3 is 25.7 Å². The molecule has 1 aliphatic carbocycles. The minimum absolute atomic E-state index is 0.00843. The number of nitrogens with two attached hydrogens (primary N) is 1. The van der Waals surface area contributed by atoms with E-state index in [2.05, 4.69) is 42.7 Å². The van der Waals surface area contributed by atoms with Gasteiger partial charge in [0.15, 0.2) is 6.10 Å². The van der Waals surface area contributed by atoms with E-state index in [1.165, 1.54) is 38.5 Å². The van der Waals surface area contributed by atoms with Crippen molar-refractivity contribution < 1.29 is 62.5 Å². The molecule has 0 spiro atoms. The standard InChI is InChI=1S/C46H78NO13P/c1-3-5-7-8-9-10-11-12-13-14-15-16-17-18-19-20-25-29-44(51)57-34-38(35-58-61(55,56)59-36-41(47)46(53)54)60-45(52)30-26-22-21-24-28-39-40(43(50)33-42(39)49)32-31-37(48)27-23-6-4-2/h12-13,15-16,18-19,31-32,37-42,48-49H,3-11,14,17,20-30,33-36,47H2,1-2H3,(H,53,54)(H,55,56)/b13-12-,16-15-,19-18-,32-31+/t37-,38+,39+,40+,41-,42-/m0/s1. The Morgan fingerprint density at radius 3 is 2.03 bits per heavy atom. The summed E-state index contributed by atoms with van der Waals surface area (Å²) < 4.78 is 32.7. The number of carbonyl (C=O) groups is 4. The number of hydrogen-bond acceptors (Lipinski definition) is 12. The van der Waals surface area contributed by atoms with Crippen LogP contribution in [0, 0.1) is 11.8 Å². The summed E-state index contributed by atoms with van der Waals surface area (Å²) in [6.07, 6.45) is 32.4. The molecular weight excluding hydrogens is 805 g/mol. The molecule has 0 aliphatic heterocycles. The molecule has 1 rings (SSSR count). The first kappa shape index (κ1) is 56.0. The number of ketones is 1. The fourth-order valence-corrected chi connectivity index (χ4v) is 7.59. The lowest BCUT2D eigenvalue weighted by Crippen LogP contribution is -2.34. The maximum Gasteiger partial charge on any atom is 0.472 e. The van der Waals surface area contributed by atoms with E-state index in [4.69, 9.17) is 24.8 Å². The van der Waals surface area contributed by atoms with Gasteiger partial charge in [-0.25, -0.2) is 4.57 Å². The maximum atomic E-state index is 12.8. The number of phosphoric acid groups is 1. The first-order valence-electron chi connectivity index (χ1n) is 22.8. The second-order valence-electron chi connectivity index (χ2n) is 16.0. The number of ether oxygens (including phenoxy) is 2.